The van der Waals surface area contributed by atoms with Gasteiger partial charge in [0.1, 0.15) is 5.75 Å². The molecule has 0 saturated heterocycles. The number of aryl methyl sites for hydroxylation is 1. The third-order valence-electron chi connectivity index (χ3n) is 7.13. The Balaban J connectivity index is 1.27. The predicted octanol–water partition coefficient (Wildman–Crippen LogP) is 6.57. The van der Waals surface area contributed by atoms with Crippen LogP contribution in [0.2, 0.25) is 0 Å². The highest BCUT2D eigenvalue weighted by Crippen LogP contribution is 2.24. The number of amides is 1. The molecule has 1 aliphatic carbocycles. The van der Waals surface area contributed by atoms with E-state index in [-0.39, 0.29) is 4.90 Å². The van der Waals surface area contributed by atoms with Crippen LogP contribution in [0.15, 0.2) is 113 Å². The third kappa shape index (κ3) is 7.70. The maximum atomic E-state index is 13.1. The van der Waals surface area contributed by atoms with Gasteiger partial charge in [0.05, 0.1) is 12.0 Å². The SMILES string of the molecule is COc1cccc(CN(CCSc2ccccc2)Cc2ccc(S(=O)(=O)NC(=O)c3cccc4c3C=CCC4)cc2)c1. The summed E-state index contributed by atoms with van der Waals surface area (Å²) in [5.74, 6) is 1.10. The van der Waals surface area contributed by atoms with Crippen molar-refractivity contribution in [3.63, 3.8) is 0 Å². The molecular formula is C34H34N2O4S2. The number of nitrogens with zero attached hydrogens (tertiary/aromatic N) is 1. The second-order valence-electron chi connectivity index (χ2n) is 10.1. The molecule has 4 aromatic rings. The van der Waals surface area contributed by atoms with Gasteiger partial charge in [-0.2, -0.15) is 0 Å². The number of rotatable bonds is 12. The number of allylic oxidation sites excluding steroid dienone is 1. The molecule has 6 nitrogen and oxygen atoms in total. The van der Waals surface area contributed by atoms with Gasteiger partial charge in [-0.25, -0.2) is 13.1 Å². The largest absolute Gasteiger partial charge is 0.497 e. The van der Waals surface area contributed by atoms with Gasteiger partial charge in [-0.05, 0) is 77.6 Å². The van der Waals surface area contributed by atoms with Gasteiger partial charge < -0.3 is 4.74 Å². The Morgan fingerprint density at radius 2 is 1.67 bits per heavy atom. The number of nitrogens with one attached hydrogen (secondary N) is 1. The van der Waals surface area contributed by atoms with Crippen LogP contribution in [0.25, 0.3) is 6.08 Å². The van der Waals surface area contributed by atoms with Gasteiger partial charge in [0.25, 0.3) is 15.9 Å². The summed E-state index contributed by atoms with van der Waals surface area (Å²) in [6.07, 6.45) is 5.64. The van der Waals surface area contributed by atoms with Gasteiger partial charge in [0.2, 0.25) is 0 Å². The lowest BCUT2D eigenvalue weighted by Gasteiger charge is -2.23. The fourth-order valence-electron chi connectivity index (χ4n) is 4.99. The molecule has 0 aliphatic heterocycles. The predicted molar refractivity (Wildman–Crippen MR) is 169 cm³/mol. The summed E-state index contributed by atoms with van der Waals surface area (Å²) in [6.45, 7) is 2.20. The average Bonchev–Trinajstić information content (AvgIpc) is 3.01. The Morgan fingerprint density at radius 1 is 0.905 bits per heavy atom. The van der Waals surface area contributed by atoms with E-state index in [1.54, 1.807) is 43.1 Å². The summed E-state index contributed by atoms with van der Waals surface area (Å²) in [5, 5.41) is 0. The minimum absolute atomic E-state index is 0.0546. The molecule has 216 valence electrons. The average molecular weight is 599 g/mol. The van der Waals surface area contributed by atoms with Gasteiger partial charge in [-0.3, -0.25) is 9.69 Å². The lowest BCUT2D eigenvalue weighted by atomic mass is 9.93. The van der Waals surface area contributed by atoms with E-state index in [1.807, 2.05) is 66.7 Å². The van der Waals surface area contributed by atoms with Crippen LogP contribution >= 0.6 is 11.8 Å². The van der Waals surface area contributed by atoms with Crippen molar-refractivity contribution in [2.24, 2.45) is 0 Å². The molecule has 1 N–H and O–H groups in total. The molecule has 8 heteroatoms. The fraction of sp³-hybridized carbons (Fsp3) is 0.206. The number of carbonyl (C=O) groups is 1. The molecule has 1 amide bonds. The van der Waals surface area contributed by atoms with Crippen molar-refractivity contribution in [1.82, 2.24) is 9.62 Å². The van der Waals surface area contributed by atoms with Crippen molar-refractivity contribution in [3.8, 4) is 5.75 Å². The van der Waals surface area contributed by atoms with E-state index in [2.05, 4.69) is 27.8 Å². The zero-order valence-electron chi connectivity index (χ0n) is 23.5. The first-order chi connectivity index (χ1) is 20.4. The van der Waals surface area contributed by atoms with E-state index < -0.39 is 15.9 Å². The molecule has 0 aromatic heterocycles. The highest BCUT2D eigenvalue weighted by Gasteiger charge is 2.22. The number of hydrogen-bond donors (Lipinski definition) is 1. The molecule has 42 heavy (non-hydrogen) atoms. The Bertz CT molecular complexity index is 1650. The van der Waals surface area contributed by atoms with Gasteiger partial charge >= 0.3 is 0 Å². The number of fused-ring (bicyclic) bond motifs is 1. The highest BCUT2D eigenvalue weighted by molar-refractivity contribution is 7.99. The molecule has 0 radical (unpaired) electrons. The van der Waals surface area contributed by atoms with Crippen LogP contribution in [0.3, 0.4) is 0 Å². The van der Waals surface area contributed by atoms with Crippen LogP contribution in [0.4, 0.5) is 0 Å². The first-order valence-electron chi connectivity index (χ1n) is 13.9. The lowest BCUT2D eigenvalue weighted by molar-refractivity contribution is 0.0981. The van der Waals surface area contributed by atoms with Crippen LogP contribution < -0.4 is 9.46 Å². The minimum Gasteiger partial charge on any atom is -0.497 e. The first-order valence-corrected chi connectivity index (χ1v) is 16.4. The summed E-state index contributed by atoms with van der Waals surface area (Å²) in [6, 6.07) is 30.5. The molecule has 0 saturated carbocycles. The van der Waals surface area contributed by atoms with Crippen LogP contribution in [-0.4, -0.2) is 38.6 Å². The van der Waals surface area contributed by atoms with Crippen LogP contribution in [0.5, 0.6) is 5.75 Å². The van der Waals surface area contributed by atoms with E-state index >= 15 is 0 Å². The Hall–Kier alpha value is -3.85. The molecule has 0 fully saturated rings. The van der Waals surface area contributed by atoms with E-state index in [4.69, 9.17) is 4.74 Å². The summed E-state index contributed by atoms with van der Waals surface area (Å²) in [7, 11) is -2.37. The molecule has 4 aromatic carbocycles. The summed E-state index contributed by atoms with van der Waals surface area (Å²) in [5.41, 5.74) is 4.32. The molecule has 0 spiro atoms. The number of hydrogen-bond acceptors (Lipinski definition) is 6. The van der Waals surface area contributed by atoms with Crippen LogP contribution in [0.1, 0.15) is 39.0 Å². The van der Waals surface area contributed by atoms with Crippen molar-refractivity contribution in [2.75, 3.05) is 19.4 Å². The van der Waals surface area contributed by atoms with Crippen LogP contribution in [0, 0.1) is 0 Å². The lowest BCUT2D eigenvalue weighted by Crippen LogP contribution is -2.31. The smallest absolute Gasteiger partial charge is 0.265 e. The van der Waals surface area contributed by atoms with E-state index in [0.29, 0.717) is 12.1 Å². The van der Waals surface area contributed by atoms with Crippen molar-refractivity contribution in [1.29, 1.82) is 0 Å². The number of thioether (sulfide) groups is 1. The standard InChI is InChI=1S/C34H34N2O4S2/c1-40-29-12-7-9-27(23-29)25-36(21-22-41-30-13-3-2-4-14-30)24-26-17-19-31(20-18-26)42(38,39)35-34(37)33-16-8-11-28-10-5-6-15-32(28)33/h2-4,6-9,11-20,23H,5,10,21-22,24-25H2,1H3,(H,35,37). The Labute approximate surface area is 252 Å². The van der Waals surface area contributed by atoms with Crippen LogP contribution in [-0.2, 0) is 29.5 Å². The molecule has 5 rings (SSSR count). The number of methoxy groups -OCH3 is 1. The monoisotopic (exact) mass is 598 g/mol. The summed E-state index contributed by atoms with van der Waals surface area (Å²) < 4.78 is 33.9. The molecule has 0 bridgehead atoms. The maximum absolute atomic E-state index is 13.1. The maximum Gasteiger partial charge on any atom is 0.265 e. The second kappa shape index (κ2) is 13.9. The quantitative estimate of drug-likeness (QED) is 0.186. The van der Waals surface area contributed by atoms with E-state index in [9.17, 15) is 13.2 Å². The van der Waals surface area contributed by atoms with Gasteiger partial charge in [0, 0.05) is 35.8 Å². The summed E-state index contributed by atoms with van der Waals surface area (Å²) in [4.78, 5) is 16.6. The number of sulfonamides is 1. The summed E-state index contributed by atoms with van der Waals surface area (Å²) >= 11 is 1.81. The van der Waals surface area contributed by atoms with Gasteiger partial charge in [0.15, 0.2) is 0 Å². The third-order valence-corrected chi connectivity index (χ3v) is 9.47. The number of benzene rings is 4. The van der Waals surface area contributed by atoms with Crippen molar-refractivity contribution in [2.45, 2.75) is 35.7 Å². The first kappa shape index (κ1) is 29.6. The molecule has 1 aliphatic rings. The van der Waals surface area contributed by atoms with Crippen molar-refractivity contribution < 1.29 is 17.9 Å². The number of carbonyl (C=O) groups excluding carboxylic acids is 1. The number of ether oxygens (including phenoxy) is 1. The zero-order chi connectivity index (χ0) is 29.4. The highest BCUT2D eigenvalue weighted by atomic mass is 32.2. The Kier molecular flexibility index (Phi) is 9.79. The minimum atomic E-state index is -4.03. The molecule has 0 atom stereocenters. The van der Waals surface area contributed by atoms with Gasteiger partial charge in [-0.15, -0.1) is 11.8 Å². The molecular weight excluding hydrogens is 565 g/mol. The topological polar surface area (TPSA) is 75.7 Å². The molecule has 0 unspecified atom stereocenters. The Morgan fingerprint density at radius 3 is 2.45 bits per heavy atom. The van der Waals surface area contributed by atoms with E-state index in [1.165, 1.54) is 4.90 Å². The molecule has 0 heterocycles. The van der Waals surface area contributed by atoms with Crippen molar-refractivity contribution >= 4 is 33.8 Å². The van der Waals surface area contributed by atoms with Crippen molar-refractivity contribution in [3.05, 3.63) is 131 Å². The van der Waals surface area contributed by atoms with Gasteiger partial charge in [-0.1, -0.05) is 66.7 Å². The normalized spacial score (nSPS) is 12.6. The van der Waals surface area contributed by atoms with E-state index in [0.717, 1.165) is 59.7 Å². The zero-order valence-corrected chi connectivity index (χ0v) is 25.2. The fourth-order valence-corrected chi connectivity index (χ4v) is 6.89. The second-order valence-corrected chi connectivity index (χ2v) is 13.0.